The monoisotopic (exact) mass is 623 g/mol. The maximum absolute atomic E-state index is 14.0. The Kier molecular flexibility index (Phi) is 6.86. The molecule has 0 aromatic rings. The summed E-state index contributed by atoms with van der Waals surface area (Å²) in [6.07, 6.45) is -4.30. The van der Waals surface area contributed by atoms with Gasteiger partial charge >= 0.3 is 29.8 Å². The fourth-order valence-corrected chi connectivity index (χ4v) is 11.1. The van der Waals surface area contributed by atoms with E-state index < -0.39 is 111 Å². The van der Waals surface area contributed by atoms with Crippen molar-refractivity contribution in [3.05, 3.63) is 10.1 Å². The molecule has 1 saturated heterocycles. The third-order valence-corrected chi connectivity index (χ3v) is 11.6. The summed E-state index contributed by atoms with van der Waals surface area (Å²) in [6, 6.07) is -1.39. The fraction of sp³-hybridized carbons (Fsp3) is 0.828. The van der Waals surface area contributed by atoms with Gasteiger partial charge in [0.25, 0.3) is 0 Å². The Morgan fingerprint density at radius 2 is 1.55 bits per heavy atom. The predicted molar refractivity (Wildman–Crippen MR) is 141 cm³/mol. The minimum atomic E-state index is -1.72. The molecule has 13 atom stereocenters. The van der Waals surface area contributed by atoms with Crippen LogP contribution in [0.3, 0.4) is 0 Å². The van der Waals surface area contributed by atoms with Gasteiger partial charge in [-0.05, 0) is 25.2 Å². The summed E-state index contributed by atoms with van der Waals surface area (Å²) in [5, 5.41) is 13.3. The lowest BCUT2D eigenvalue weighted by Crippen LogP contribution is -2.73. The number of hydrogen-bond donors (Lipinski definition) is 0. The smallest absolute Gasteiger partial charge is 0.319 e. The SMILES string of the molecule is COC[C@]12C(=O)O[C@@H]3[C@H]1[C@]1(CC[C@H]2OC(C)=O)C([N+](=O)[O-])[C@@H]3[C@@]2(OC(C)=O)C[C@H](OC)[C@@]3(OC(C)=O)C[C@@H]1[C@@H]2[C@H]3OC(C)=O. The van der Waals surface area contributed by atoms with E-state index in [1.54, 1.807) is 0 Å². The normalized spacial score (nSPS) is 47.2. The van der Waals surface area contributed by atoms with Gasteiger partial charge in [0.2, 0.25) is 6.04 Å². The van der Waals surface area contributed by atoms with Crippen molar-refractivity contribution in [1.29, 1.82) is 0 Å². The van der Waals surface area contributed by atoms with Gasteiger partial charge in [-0.25, -0.2) is 0 Å². The Labute approximate surface area is 252 Å². The number of methoxy groups -OCH3 is 2. The first kappa shape index (κ1) is 30.7. The van der Waals surface area contributed by atoms with Crippen LogP contribution in [-0.4, -0.2) is 97.3 Å². The summed E-state index contributed by atoms with van der Waals surface area (Å²) < 4.78 is 41.4. The Morgan fingerprint density at radius 3 is 2.09 bits per heavy atom. The molecular formula is C29H37NO14. The summed E-state index contributed by atoms with van der Waals surface area (Å²) in [4.78, 5) is 77.4. The summed E-state index contributed by atoms with van der Waals surface area (Å²) in [6.45, 7) is 4.55. The third-order valence-electron chi connectivity index (χ3n) is 11.6. The minimum absolute atomic E-state index is 0.0352. The second-order valence-corrected chi connectivity index (χ2v) is 13.2. The van der Waals surface area contributed by atoms with Crippen LogP contribution in [0.1, 0.15) is 53.4 Å². The van der Waals surface area contributed by atoms with Gasteiger partial charge in [-0.2, -0.15) is 0 Å². The number of carbonyl (C=O) groups excluding carboxylic acids is 5. The molecule has 0 spiro atoms. The van der Waals surface area contributed by atoms with Gasteiger partial charge < -0.3 is 33.2 Å². The van der Waals surface area contributed by atoms with Gasteiger partial charge in [0.15, 0.2) is 11.7 Å². The van der Waals surface area contributed by atoms with E-state index in [9.17, 15) is 34.1 Å². The first-order valence-electron chi connectivity index (χ1n) is 14.8. The molecule has 1 unspecified atom stereocenters. The molecule has 0 aromatic carbocycles. The van der Waals surface area contributed by atoms with E-state index in [1.165, 1.54) is 41.9 Å². The highest BCUT2D eigenvalue weighted by Crippen LogP contribution is 2.80. The molecule has 1 aliphatic heterocycles. The molecule has 5 saturated carbocycles. The summed E-state index contributed by atoms with van der Waals surface area (Å²) in [5.74, 6) is -7.23. The molecule has 5 aliphatic carbocycles. The number of rotatable bonds is 8. The number of fused-ring (bicyclic) bond motifs is 2. The molecule has 15 heteroatoms. The number of nitro groups is 1. The van der Waals surface area contributed by atoms with E-state index >= 15 is 0 Å². The molecule has 0 radical (unpaired) electrons. The topological polar surface area (TPSA) is 193 Å². The van der Waals surface area contributed by atoms with Crippen LogP contribution in [0.5, 0.6) is 0 Å². The molecule has 1 heterocycles. The highest BCUT2D eigenvalue weighted by atomic mass is 16.6. The molecule has 0 amide bonds. The van der Waals surface area contributed by atoms with Gasteiger partial charge in [0.05, 0.1) is 6.61 Å². The van der Waals surface area contributed by atoms with Crippen LogP contribution in [0, 0.1) is 44.6 Å². The zero-order chi connectivity index (χ0) is 32.1. The molecule has 0 N–H and O–H groups in total. The van der Waals surface area contributed by atoms with Crippen molar-refractivity contribution in [1.82, 2.24) is 0 Å². The number of ether oxygens (including phenoxy) is 7. The maximum Gasteiger partial charge on any atom is 0.319 e. The van der Waals surface area contributed by atoms with Gasteiger partial charge in [-0.1, -0.05) is 0 Å². The lowest BCUT2D eigenvalue weighted by Gasteiger charge is -2.59. The van der Waals surface area contributed by atoms with Crippen LogP contribution < -0.4 is 0 Å². The first-order chi connectivity index (χ1) is 20.7. The number of hydrogen-bond acceptors (Lipinski definition) is 14. The second kappa shape index (κ2) is 9.83. The largest absolute Gasteiger partial charge is 0.461 e. The third kappa shape index (κ3) is 3.53. The quantitative estimate of drug-likeness (QED) is 0.159. The lowest BCUT2D eigenvalue weighted by molar-refractivity contribution is -0.566. The lowest BCUT2D eigenvalue weighted by atomic mass is 9.46. The number of esters is 5. The van der Waals surface area contributed by atoms with Gasteiger partial charge in [0.1, 0.15) is 35.2 Å². The van der Waals surface area contributed by atoms with Gasteiger partial charge in [-0.3, -0.25) is 34.1 Å². The Morgan fingerprint density at radius 1 is 0.909 bits per heavy atom. The summed E-state index contributed by atoms with van der Waals surface area (Å²) in [7, 11) is 2.75. The highest BCUT2D eigenvalue weighted by molar-refractivity contribution is 5.83. The summed E-state index contributed by atoms with van der Waals surface area (Å²) >= 11 is 0. The van der Waals surface area contributed by atoms with E-state index in [0.29, 0.717) is 0 Å². The first-order valence-corrected chi connectivity index (χ1v) is 14.8. The van der Waals surface area contributed by atoms with Crippen LogP contribution in [0.25, 0.3) is 0 Å². The van der Waals surface area contributed by atoms with Crippen LogP contribution >= 0.6 is 0 Å². The Hall–Kier alpha value is -3.33. The van der Waals surface area contributed by atoms with Crippen LogP contribution in [0.4, 0.5) is 0 Å². The Balaban J connectivity index is 1.67. The predicted octanol–water partition coefficient (Wildman–Crippen LogP) is 0.752. The molecule has 15 nitrogen and oxygen atoms in total. The number of nitrogens with zero attached hydrogens (tertiary/aromatic N) is 1. The van der Waals surface area contributed by atoms with Crippen molar-refractivity contribution in [3.8, 4) is 0 Å². The van der Waals surface area contributed by atoms with Crippen LogP contribution in [0.15, 0.2) is 0 Å². The standard InChI is InChI=1S/C29H37NO14/c1-12(31)40-17-7-8-26-16-9-28(43-14(3)33)18(39-6)10-29(44-15(4)34,19(16)24(28)41-13(2)32)20(23(26)30(36)37)21-22(26)27(17,11-38-5)25(35)42-21/h16-24H,7-11H2,1-6H3/t16-,17-,18+,19-,20-,21+,22+,23?,24-,26-,27-,28+,29-/m1/s1. The van der Waals surface area contributed by atoms with E-state index in [2.05, 4.69) is 0 Å². The van der Waals surface area contributed by atoms with Crippen molar-refractivity contribution in [3.63, 3.8) is 0 Å². The van der Waals surface area contributed by atoms with Crippen LogP contribution in [-0.2, 0) is 57.1 Å². The zero-order valence-corrected chi connectivity index (χ0v) is 25.4. The van der Waals surface area contributed by atoms with E-state index in [4.69, 9.17) is 33.2 Å². The molecule has 242 valence electrons. The highest BCUT2D eigenvalue weighted by Gasteiger charge is 2.93. The minimum Gasteiger partial charge on any atom is -0.461 e. The van der Waals surface area contributed by atoms with Crippen molar-refractivity contribution >= 4 is 29.8 Å². The van der Waals surface area contributed by atoms with E-state index in [-0.39, 0.29) is 32.3 Å². The molecular weight excluding hydrogens is 586 g/mol. The molecule has 6 aliphatic rings. The van der Waals surface area contributed by atoms with Crippen molar-refractivity contribution in [2.75, 3.05) is 20.8 Å². The van der Waals surface area contributed by atoms with Gasteiger partial charge in [0, 0.05) is 70.5 Å². The van der Waals surface area contributed by atoms with E-state index in [0.717, 1.165) is 0 Å². The summed E-state index contributed by atoms with van der Waals surface area (Å²) in [5.41, 5.74) is -6.21. The fourth-order valence-electron chi connectivity index (χ4n) is 11.1. The van der Waals surface area contributed by atoms with Crippen molar-refractivity contribution < 1.29 is 62.1 Å². The van der Waals surface area contributed by atoms with Gasteiger partial charge in [-0.15, -0.1) is 0 Å². The average molecular weight is 624 g/mol. The maximum atomic E-state index is 14.0. The second-order valence-electron chi connectivity index (χ2n) is 13.2. The van der Waals surface area contributed by atoms with Crippen molar-refractivity contribution in [2.45, 2.75) is 95.0 Å². The number of carbonyl (C=O) groups is 5. The zero-order valence-electron chi connectivity index (χ0n) is 25.4. The molecule has 4 bridgehead atoms. The Bertz CT molecular complexity index is 1330. The van der Waals surface area contributed by atoms with Crippen molar-refractivity contribution in [2.24, 2.45) is 34.5 Å². The van der Waals surface area contributed by atoms with E-state index in [1.807, 2.05) is 0 Å². The molecule has 0 aromatic heterocycles. The molecule has 44 heavy (non-hydrogen) atoms. The molecule has 6 fully saturated rings. The molecule has 6 rings (SSSR count). The average Bonchev–Trinajstić information content (AvgIpc) is 3.46. The van der Waals surface area contributed by atoms with Crippen LogP contribution in [0.2, 0.25) is 0 Å².